The molecule has 3 N–H and O–H groups in total. The molecular formula is C13H15N7. The molecule has 0 aromatic carbocycles. The molecule has 0 aliphatic carbocycles. The Morgan fingerprint density at radius 3 is 3.10 bits per heavy atom. The summed E-state index contributed by atoms with van der Waals surface area (Å²) in [6, 6.07) is 4.41. The average molecular weight is 269 g/mol. The number of hydrogen-bond donors (Lipinski definition) is 3. The number of anilines is 1. The zero-order valence-electron chi connectivity index (χ0n) is 10.9. The lowest BCUT2D eigenvalue weighted by Crippen LogP contribution is -2.22. The number of nitrogens with one attached hydrogen (secondary N) is 3. The lowest BCUT2D eigenvalue weighted by atomic mass is 10.2. The molecule has 4 rings (SSSR count). The van der Waals surface area contributed by atoms with Crippen LogP contribution in [0.2, 0.25) is 0 Å². The highest BCUT2D eigenvalue weighted by molar-refractivity contribution is 5.63. The van der Waals surface area contributed by atoms with Crippen molar-refractivity contribution >= 4 is 11.6 Å². The van der Waals surface area contributed by atoms with Crippen molar-refractivity contribution in [1.82, 2.24) is 30.1 Å². The van der Waals surface area contributed by atoms with Gasteiger partial charge in [0.2, 0.25) is 5.95 Å². The first-order valence-corrected chi connectivity index (χ1v) is 6.71. The van der Waals surface area contributed by atoms with E-state index >= 15 is 0 Å². The highest BCUT2D eigenvalue weighted by atomic mass is 15.4. The lowest BCUT2D eigenvalue weighted by Gasteiger charge is -2.07. The molecule has 0 radical (unpaired) electrons. The van der Waals surface area contributed by atoms with E-state index in [-0.39, 0.29) is 0 Å². The van der Waals surface area contributed by atoms with Crippen LogP contribution in [0.25, 0.3) is 16.8 Å². The van der Waals surface area contributed by atoms with E-state index in [1.165, 1.54) is 0 Å². The maximum atomic E-state index is 4.49. The highest BCUT2D eigenvalue weighted by Gasteiger charge is 2.16. The number of aromatic amines is 1. The van der Waals surface area contributed by atoms with Crippen LogP contribution in [0.4, 0.5) is 5.95 Å². The Hall–Kier alpha value is -2.41. The maximum absolute atomic E-state index is 4.49. The van der Waals surface area contributed by atoms with Crippen LogP contribution in [-0.2, 0) is 0 Å². The topological polar surface area (TPSA) is 82.9 Å². The Kier molecular flexibility index (Phi) is 2.63. The van der Waals surface area contributed by atoms with Crippen molar-refractivity contribution in [3.63, 3.8) is 0 Å². The summed E-state index contributed by atoms with van der Waals surface area (Å²) in [7, 11) is 0. The number of H-pyrrole nitrogens is 1. The molecule has 20 heavy (non-hydrogen) atoms. The van der Waals surface area contributed by atoms with Crippen molar-refractivity contribution in [3.8, 4) is 11.1 Å². The lowest BCUT2D eigenvalue weighted by molar-refractivity contribution is 0.779. The third-order valence-electron chi connectivity index (χ3n) is 3.56. The van der Waals surface area contributed by atoms with Crippen LogP contribution in [0.1, 0.15) is 6.42 Å². The van der Waals surface area contributed by atoms with E-state index in [2.05, 4.69) is 30.9 Å². The summed E-state index contributed by atoms with van der Waals surface area (Å²) in [6.07, 6.45) is 6.73. The molecular weight excluding hydrogens is 254 g/mol. The molecule has 0 amide bonds. The van der Waals surface area contributed by atoms with Crippen molar-refractivity contribution in [3.05, 3.63) is 30.7 Å². The Balaban J connectivity index is 1.65. The third kappa shape index (κ3) is 2.01. The van der Waals surface area contributed by atoms with Gasteiger partial charge in [-0.1, -0.05) is 0 Å². The van der Waals surface area contributed by atoms with Gasteiger partial charge in [-0.15, -0.1) is 5.10 Å². The zero-order valence-corrected chi connectivity index (χ0v) is 10.9. The smallest absolute Gasteiger partial charge is 0.243 e. The molecule has 0 bridgehead atoms. The molecule has 0 unspecified atom stereocenters. The minimum absolute atomic E-state index is 0.417. The first kappa shape index (κ1) is 11.4. The summed E-state index contributed by atoms with van der Waals surface area (Å²) in [4.78, 5) is 4.49. The minimum Gasteiger partial charge on any atom is -0.349 e. The number of rotatable bonds is 3. The molecule has 1 fully saturated rings. The van der Waals surface area contributed by atoms with Crippen molar-refractivity contribution < 1.29 is 0 Å². The zero-order chi connectivity index (χ0) is 13.4. The van der Waals surface area contributed by atoms with Crippen molar-refractivity contribution in [2.45, 2.75) is 12.5 Å². The van der Waals surface area contributed by atoms with Gasteiger partial charge in [0.05, 0.1) is 6.20 Å². The molecule has 7 heteroatoms. The second-order valence-corrected chi connectivity index (χ2v) is 4.98. The van der Waals surface area contributed by atoms with Gasteiger partial charge in [0, 0.05) is 36.1 Å². The van der Waals surface area contributed by atoms with Crippen LogP contribution in [0.5, 0.6) is 0 Å². The average Bonchev–Trinajstić information content (AvgIpc) is 3.19. The predicted molar refractivity (Wildman–Crippen MR) is 75.5 cm³/mol. The molecule has 1 aliphatic rings. The summed E-state index contributed by atoms with van der Waals surface area (Å²) in [5, 5.41) is 17.9. The normalized spacial score (nSPS) is 18.7. The first-order chi connectivity index (χ1) is 9.88. The van der Waals surface area contributed by atoms with Crippen molar-refractivity contribution in [2.75, 3.05) is 18.4 Å². The Labute approximate surface area is 115 Å². The molecule has 3 aromatic rings. The van der Waals surface area contributed by atoms with Crippen LogP contribution in [0.3, 0.4) is 0 Å². The van der Waals surface area contributed by atoms with Crippen LogP contribution in [0, 0.1) is 0 Å². The maximum Gasteiger partial charge on any atom is 0.243 e. The van der Waals surface area contributed by atoms with Crippen molar-refractivity contribution in [1.29, 1.82) is 0 Å². The summed E-state index contributed by atoms with van der Waals surface area (Å²) in [5.74, 6) is 0.683. The van der Waals surface area contributed by atoms with E-state index in [0.717, 1.165) is 36.3 Å². The minimum atomic E-state index is 0.417. The monoisotopic (exact) mass is 269 g/mol. The molecule has 0 saturated carbocycles. The first-order valence-electron chi connectivity index (χ1n) is 6.71. The van der Waals surface area contributed by atoms with Gasteiger partial charge in [0.15, 0.2) is 5.65 Å². The second kappa shape index (κ2) is 4.61. The SMILES string of the molecule is c1cc2nc(N[C@@H]3CCNC3)nn2cc1-c1cn[nH]c1. The standard InChI is InChI=1S/C13H15N7/c1-2-12-18-13(17-11-3-4-14-7-11)19-20(12)8-9(1)10-5-15-16-6-10/h1-2,5-6,8,11,14H,3-4,7H2,(H,15,16)(H,17,19)/t11-/m1/s1. The summed E-state index contributed by atoms with van der Waals surface area (Å²) < 4.78 is 1.80. The Bertz CT molecular complexity index is 709. The summed E-state index contributed by atoms with van der Waals surface area (Å²) in [5.41, 5.74) is 2.94. The van der Waals surface area contributed by atoms with Crippen LogP contribution >= 0.6 is 0 Å². The van der Waals surface area contributed by atoms with Gasteiger partial charge in [-0.2, -0.15) is 10.1 Å². The van der Waals surface area contributed by atoms with Gasteiger partial charge in [0.25, 0.3) is 0 Å². The molecule has 102 valence electrons. The molecule has 7 nitrogen and oxygen atoms in total. The molecule has 0 spiro atoms. The molecule has 4 heterocycles. The van der Waals surface area contributed by atoms with Crippen molar-refractivity contribution in [2.24, 2.45) is 0 Å². The van der Waals surface area contributed by atoms with E-state index in [0.29, 0.717) is 12.0 Å². The van der Waals surface area contributed by atoms with Gasteiger partial charge in [-0.05, 0) is 25.1 Å². The third-order valence-corrected chi connectivity index (χ3v) is 3.56. The highest BCUT2D eigenvalue weighted by Crippen LogP contribution is 2.18. The van der Waals surface area contributed by atoms with Gasteiger partial charge in [0.1, 0.15) is 0 Å². The number of aromatic nitrogens is 5. The second-order valence-electron chi connectivity index (χ2n) is 4.98. The summed E-state index contributed by atoms with van der Waals surface area (Å²) >= 11 is 0. The number of hydrogen-bond acceptors (Lipinski definition) is 5. The fourth-order valence-electron chi connectivity index (χ4n) is 2.48. The van der Waals surface area contributed by atoms with Crippen LogP contribution in [0.15, 0.2) is 30.7 Å². The van der Waals surface area contributed by atoms with E-state index < -0.39 is 0 Å². The fraction of sp³-hybridized carbons (Fsp3) is 0.308. The molecule has 1 saturated heterocycles. The number of nitrogens with zero attached hydrogens (tertiary/aromatic N) is 4. The number of fused-ring (bicyclic) bond motifs is 1. The molecule has 1 atom stereocenters. The predicted octanol–water partition coefficient (Wildman–Crippen LogP) is 0.893. The largest absolute Gasteiger partial charge is 0.349 e. The quantitative estimate of drug-likeness (QED) is 0.658. The molecule has 3 aromatic heterocycles. The van der Waals surface area contributed by atoms with E-state index in [4.69, 9.17) is 0 Å². The van der Waals surface area contributed by atoms with E-state index in [1.54, 1.807) is 10.7 Å². The summed E-state index contributed by atoms with van der Waals surface area (Å²) in [6.45, 7) is 2.02. The van der Waals surface area contributed by atoms with Gasteiger partial charge < -0.3 is 10.6 Å². The van der Waals surface area contributed by atoms with Gasteiger partial charge in [-0.25, -0.2) is 4.52 Å². The van der Waals surface area contributed by atoms with Crippen LogP contribution in [-0.4, -0.2) is 43.9 Å². The Morgan fingerprint density at radius 1 is 1.30 bits per heavy atom. The van der Waals surface area contributed by atoms with E-state index in [1.807, 2.05) is 24.5 Å². The van der Waals surface area contributed by atoms with E-state index in [9.17, 15) is 0 Å². The van der Waals surface area contributed by atoms with Gasteiger partial charge in [-0.3, -0.25) is 5.10 Å². The number of pyridine rings is 1. The Morgan fingerprint density at radius 2 is 2.30 bits per heavy atom. The molecule has 1 aliphatic heterocycles. The fourth-order valence-corrected chi connectivity index (χ4v) is 2.48. The van der Waals surface area contributed by atoms with Crippen LogP contribution < -0.4 is 10.6 Å². The van der Waals surface area contributed by atoms with Gasteiger partial charge >= 0.3 is 0 Å².